The summed E-state index contributed by atoms with van der Waals surface area (Å²) in [6.45, 7) is 5.86. The first-order valence-electron chi connectivity index (χ1n) is 6.52. The SMILES string of the molecule is CCc1noc(CC)c1CC(=O)NC(CC)CO. The van der Waals surface area contributed by atoms with Gasteiger partial charge in [-0.2, -0.15) is 0 Å². The molecule has 0 saturated heterocycles. The topological polar surface area (TPSA) is 75.4 Å². The minimum absolute atomic E-state index is 0.0346. The zero-order valence-electron chi connectivity index (χ0n) is 11.3. The molecule has 1 unspecified atom stereocenters. The minimum atomic E-state index is -0.174. The Morgan fingerprint density at radius 3 is 2.61 bits per heavy atom. The Morgan fingerprint density at radius 2 is 2.11 bits per heavy atom. The van der Waals surface area contributed by atoms with E-state index in [0.29, 0.717) is 6.42 Å². The van der Waals surface area contributed by atoms with Gasteiger partial charge in [-0.05, 0) is 12.8 Å². The first-order chi connectivity index (χ1) is 8.65. The smallest absolute Gasteiger partial charge is 0.224 e. The van der Waals surface area contributed by atoms with Crippen LogP contribution < -0.4 is 5.32 Å². The number of carbonyl (C=O) groups excluding carboxylic acids is 1. The van der Waals surface area contributed by atoms with Crippen molar-refractivity contribution in [3.05, 3.63) is 17.0 Å². The Balaban J connectivity index is 2.71. The molecule has 0 spiro atoms. The molecule has 1 rings (SSSR count). The fourth-order valence-electron chi connectivity index (χ4n) is 1.85. The lowest BCUT2D eigenvalue weighted by atomic mass is 10.1. The van der Waals surface area contributed by atoms with Crippen LogP contribution in [0.2, 0.25) is 0 Å². The maximum Gasteiger partial charge on any atom is 0.224 e. The molecule has 0 aliphatic carbocycles. The van der Waals surface area contributed by atoms with Gasteiger partial charge in [0.2, 0.25) is 5.91 Å². The lowest BCUT2D eigenvalue weighted by Crippen LogP contribution is -2.38. The van der Waals surface area contributed by atoms with Gasteiger partial charge in [-0.1, -0.05) is 25.9 Å². The van der Waals surface area contributed by atoms with Gasteiger partial charge in [0.15, 0.2) is 0 Å². The van der Waals surface area contributed by atoms with Crippen molar-refractivity contribution in [3.63, 3.8) is 0 Å². The van der Waals surface area contributed by atoms with Crippen molar-refractivity contribution in [3.8, 4) is 0 Å². The van der Waals surface area contributed by atoms with E-state index in [1.165, 1.54) is 0 Å². The maximum atomic E-state index is 11.9. The number of aliphatic hydroxyl groups excluding tert-OH is 1. The van der Waals surface area contributed by atoms with Crippen molar-refractivity contribution >= 4 is 5.91 Å². The molecule has 0 saturated carbocycles. The third-order valence-corrected chi connectivity index (χ3v) is 3.02. The summed E-state index contributed by atoms with van der Waals surface area (Å²) in [7, 11) is 0. The summed E-state index contributed by atoms with van der Waals surface area (Å²) in [6.07, 6.45) is 2.47. The quantitative estimate of drug-likeness (QED) is 0.767. The average molecular weight is 254 g/mol. The number of aromatic nitrogens is 1. The average Bonchev–Trinajstić information content (AvgIpc) is 2.77. The van der Waals surface area contributed by atoms with Crippen LogP contribution in [0.15, 0.2) is 4.52 Å². The number of aryl methyl sites for hydroxylation is 2. The highest BCUT2D eigenvalue weighted by molar-refractivity contribution is 5.79. The van der Waals surface area contributed by atoms with Gasteiger partial charge in [0.25, 0.3) is 0 Å². The van der Waals surface area contributed by atoms with E-state index in [4.69, 9.17) is 9.63 Å². The molecule has 5 nitrogen and oxygen atoms in total. The van der Waals surface area contributed by atoms with E-state index < -0.39 is 0 Å². The maximum absolute atomic E-state index is 11.9. The first-order valence-corrected chi connectivity index (χ1v) is 6.52. The van der Waals surface area contributed by atoms with Crippen LogP contribution in [0.5, 0.6) is 0 Å². The van der Waals surface area contributed by atoms with Gasteiger partial charge < -0.3 is 14.9 Å². The van der Waals surface area contributed by atoms with Crippen LogP contribution in [0, 0.1) is 0 Å². The fourth-order valence-corrected chi connectivity index (χ4v) is 1.85. The van der Waals surface area contributed by atoms with E-state index in [1.54, 1.807) is 0 Å². The third-order valence-electron chi connectivity index (χ3n) is 3.02. The second-order valence-electron chi connectivity index (χ2n) is 4.27. The number of hydrogen-bond acceptors (Lipinski definition) is 4. The fraction of sp³-hybridized carbons (Fsp3) is 0.692. The molecule has 0 bridgehead atoms. The molecule has 1 amide bonds. The van der Waals surface area contributed by atoms with Gasteiger partial charge in [0.1, 0.15) is 5.76 Å². The molecule has 0 radical (unpaired) electrons. The van der Waals surface area contributed by atoms with Crippen molar-refractivity contribution < 1.29 is 14.4 Å². The van der Waals surface area contributed by atoms with E-state index in [2.05, 4.69) is 10.5 Å². The van der Waals surface area contributed by atoms with Crippen LogP contribution in [-0.4, -0.2) is 28.8 Å². The molecule has 1 aromatic rings. The molecular formula is C13H22N2O3. The normalized spacial score (nSPS) is 12.4. The molecule has 0 fully saturated rings. The summed E-state index contributed by atoms with van der Waals surface area (Å²) >= 11 is 0. The number of rotatable bonds is 7. The summed E-state index contributed by atoms with van der Waals surface area (Å²) in [5, 5.41) is 15.8. The zero-order valence-corrected chi connectivity index (χ0v) is 11.3. The highest BCUT2D eigenvalue weighted by atomic mass is 16.5. The number of nitrogens with zero attached hydrogens (tertiary/aromatic N) is 1. The molecule has 1 heterocycles. The molecule has 0 aliphatic rings. The van der Waals surface area contributed by atoms with E-state index in [-0.39, 0.29) is 25.0 Å². The molecule has 1 aromatic heterocycles. The van der Waals surface area contributed by atoms with Gasteiger partial charge in [0, 0.05) is 12.0 Å². The number of amides is 1. The Labute approximate surface area is 108 Å². The number of hydrogen-bond donors (Lipinski definition) is 2. The van der Waals surface area contributed by atoms with Crippen LogP contribution in [-0.2, 0) is 24.1 Å². The summed E-state index contributed by atoms with van der Waals surface area (Å²) < 4.78 is 5.21. The highest BCUT2D eigenvalue weighted by Crippen LogP contribution is 2.16. The van der Waals surface area contributed by atoms with Crippen molar-refractivity contribution in [1.82, 2.24) is 10.5 Å². The van der Waals surface area contributed by atoms with Crippen LogP contribution in [0.3, 0.4) is 0 Å². The van der Waals surface area contributed by atoms with Crippen LogP contribution >= 0.6 is 0 Å². The number of aliphatic hydroxyl groups is 1. The molecule has 5 heteroatoms. The van der Waals surface area contributed by atoms with Gasteiger partial charge in [-0.3, -0.25) is 4.79 Å². The van der Waals surface area contributed by atoms with Gasteiger partial charge in [0.05, 0.1) is 24.8 Å². The predicted octanol–water partition coefficient (Wildman–Crippen LogP) is 1.23. The Hall–Kier alpha value is -1.36. The highest BCUT2D eigenvalue weighted by Gasteiger charge is 2.18. The Bertz CT molecular complexity index is 362. The second-order valence-corrected chi connectivity index (χ2v) is 4.27. The van der Waals surface area contributed by atoms with Crippen LogP contribution in [0.1, 0.15) is 44.2 Å². The molecule has 1 atom stereocenters. The second kappa shape index (κ2) is 7.16. The van der Waals surface area contributed by atoms with Gasteiger partial charge >= 0.3 is 0 Å². The molecule has 102 valence electrons. The first kappa shape index (κ1) is 14.7. The summed E-state index contributed by atoms with van der Waals surface area (Å²) in [6, 6.07) is -0.174. The largest absolute Gasteiger partial charge is 0.394 e. The zero-order chi connectivity index (χ0) is 13.5. The lowest BCUT2D eigenvalue weighted by molar-refractivity contribution is -0.121. The van der Waals surface area contributed by atoms with Crippen LogP contribution in [0.25, 0.3) is 0 Å². The third kappa shape index (κ3) is 3.57. The Kier molecular flexibility index (Phi) is 5.85. The van der Waals surface area contributed by atoms with Crippen molar-refractivity contribution in [2.75, 3.05) is 6.61 Å². The lowest BCUT2D eigenvalue weighted by Gasteiger charge is -2.13. The molecule has 0 aromatic carbocycles. The summed E-state index contributed by atoms with van der Waals surface area (Å²) in [4.78, 5) is 11.9. The molecule has 2 N–H and O–H groups in total. The monoisotopic (exact) mass is 254 g/mol. The predicted molar refractivity (Wildman–Crippen MR) is 68.3 cm³/mol. The number of carbonyl (C=O) groups is 1. The van der Waals surface area contributed by atoms with Gasteiger partial charge in [-0.15, -0.1) is 0 Å². The van der Waals surface area contributed by atoms with Crippen molar-refractivity contribution in [1.29, 1.82) is 0 Å². The molecule has 0 aliphatic heterocycles. The van der Waals surface area contributed by atoms with Crippen molar-refractivity contribution in [2.24, 2.45) is 0 Å². The van der Waals surface area contributed by atoms with Crippen LogP contribution in [0.4, 0.5) is 0 Å². The number of nitrogens with one attached hydrogen (secondary N) is 1. The molecule has 18 heavy (non-hydrogen) atoms. The summed E-state index contributed by atoms with van der Waals surface area (Å²) in [5.74, 6) is 0.683. The Morgan fingerprint density at radius 1 is 1.39 bits per heavy atom. The van der Waals surface area contributed by atoms with E-state index >= 15 is 0 Å². The minimum Gasteiger partial charge on any atom is -0.394 e. The summed E-state index contributed by atoms with van der Waals surface area (Å²) in [5.41, 5.74) is 1.74. The molecular weight excluding hydrogens is 232 g/mol. The van der Waals surface area contributed by atoms with Crippen molar-refractivity contribution in [2.45, 2.75) is 52.5 Å². The standard InChI is InChI=1S/C13H22N2O3/c1-4-9(8-16)14-13(17)7-10-11(5-2)15-18-12(10)6-3/h9,16H,4-8H2,1-3H3,(H,14,17). The van der Waals surface area contributed by atoms with E-state index in [0.717, 1.165) is 29.9 Å². The van der Waals surface area contributed by atoms with E-state index in [9.17, 15) is 4.79 Å². The van der Waals surface area contributed by atoms with E-state index in [1.807, 2.05) is 20.8 Å². The van der Waals surface area contributed by atoms with Gasteiger partial charge in [-0.25, -0.2) is 0 Å².